The third kappa shape index (κ3) is 3.74. The first-order valence-electron chi connectivity index (χ1n) is 9.25. The molecule has 0 spiro atoms. The van der Waals surface area contributed by atoms with Crippen LogP contribution in [-0.2, 0) is 6.54 Å². The van der Waals surface area contributed by atoms with Crippen LogP contribution in [0.2, 0.25) is 0 Å². The van der Waals surface area contributed by atoms with E-state index in [4.69, 9.17) is 9.15 Å². The first-order valence-corrected chi connectivity index (χ1v) is 9.25. The summed E-state index contributed by atoms with van der Waals surface area (Å²) < 4.78 is 12.9. The van der Waals surface area contributed by atoms with Crippen LogP contribution >= 0.6 is 0 Å². The molecule has 4 rings (SSSR count). The van der Waals surface area contributed by atoms with Gasteiger partial charge in [0.25, 0.3) is 5.91 Å². The minimum Gasteiger partial charge on any atom is -0.497 e. The van der Waals surface area contributed by atoms with Gasteiger partial charge in [0.2, 0.25) is 0 Å². The Balaban J connectivity index is 1.54. The largest absolute Gasteiger partial charge is 0.497 e. The van der Waals surface area contributed by atoms with Crippen LogP contribution < -0.4 is 4.74 Å². The zero-order chi connectivity index (χ0) is 18.6. The standard InChI is InChI=1S/C21H23N3O3/c1-26-17-7-4-6-16(14-17)19-8-2-3-13-24(19)21(25)20-10-9-18(27-20)15-23-12-5-11-22-23/h4-7,9-12,14,19H,2-3,8,13,15H2,1H3/t19-/m1/s1. The van der Waals surface area contributed by atoms with E-state index in [-0.39, 0.29) is 11.9 Å². The van der Waals surface area contributed by atoms with Gasteiger partial charge in [-0.3, -0.25) is 9.48 Å². The SMILES string of the molecule is COc1cccc([C@H]2CCCCN2C(=O)c2ccc(Cn3cccn3)o2)c1. The number of amides is 1. The van der Waals surface area contributed by atoms with Crippen molar-refractivity contribution < 1.29 is 13.9 Å². The summed E-state index contributed by atoms with van der Waals surface area (Å²) in [5, 5.41) is 4.17. The molecule has 0 radical (unpaired) electrons. The van der Waals surface area contributed by atoms with Crippen molar-refractivity contribution in [2.24, 2.45) is 0 Å². The second-order valence-electron chi connectivity index (χ2n) is 6.76. The van der Waals surface area contributed by atoms with E-state index in [1.807, 2.05) is 41.4 Å². The van der Waals surface area contributed by atoms with Crippen molar-refractivity contribution in [2.75, 3.05) is 13.7 Å². The van der Waals surface area contributed by atoms with Gasteiger partial charge in [0.15, 0.2) is 5.76 Å². The molecule has 1 atom stereocenters. The van der Waals surface area contributed by atoms with Gasteiger partial charge >= 0.3 is 0 Å². The number of furan rings is 1. The monoisotopic (exact) mass is 365 g/mol. The van der Waals surface area contributed by atoms with E-state index in [2.05, 4.69) is 11.2 Å². The van der Waals surface area contributed by atoms with Gasteiger partial charge in [0.1, 0.15) is 11.5 Å². The number of ether oxygens (including phenoxy) is 1. The maximum absolute atomic E-state index is 13.1. The van der Waals surface area contributed by atoms with E-state index in [9.17, 15) is 4.79 Å². The number of nitrogens with zero attached hydrogens (tertiary/aromatic N) is 3. The average molecular weight is 365 g/mol. The number of aromatic nitrogens is 2. The van der Waals surface area contributed by atoms with Gasteiger partial charge in [-0.25, -0.2) is 0 Å². The number of carbonyl (C=O) groups excluding carboxylic acids is 1. The Labute approximate surface area is 158 Å². The van der Waals surface area contributed by atoms with Crippen LogP contribution in [0.4, 0.5) is 0 Å². The molecule has 1 aliphatic rings. The molecule has 6 heteroatoms. The quantitative estimate of drug-likeness (QED) is 0.688. The number of methoxy groups -OCH3 is 1. The van der Waals surface area contributed by atoms with E-state index in [1.54, 1.807) is 24.1 Å². The Morgan fingerprint density at radius 1 is 1.26 bits per heavy atom. The summed E-state index contributed by atoms with van der Waals surface area (Å²) in [6.45, 7) is 1.25. The summed E-state index contributed by atoms with van der Waals surface area (Å²) >= 11 is 0. The van der Waals surface area contributed by atoms with Gasteiger partial charge in [-0.2, -0.15) is 5.10 Å². The normalized spacial score (nSPS) is 17.1. The van der Waals surface area contributed by atoms with Crippen molar-refractivity contribution in [1.82, 2.24) is 14.7 Å². The highest BCUT2D eigenvalue weighted by atomic mass is 16.5. The van der Waals surface area contributed by atoms with Gasteiger partial charge in [0, 0.05) is 18.9 Å². The van der Waals surface area contributed by atoms with Crippen molar-refractivity contribution >= 4 is 5.91 Å². The Kier molecular flexibility index (Phi) is 4.96. The predicted octanol–water partition coefficient (Wildman–Crippen LogP) is 3.90. The molecule has 0 saturated carbocycles. The molecule has 0 bridgehead atoms. The van der Waals surface area contributed by atoms with Gasteiger partial charge in [-0.05, 0) is 55.2 Å². The molecular weight excluding hydrogens is 342 g/mol. The maximum atomic E-state index is 13.1. The molecule has 6 nitrogen and oxygen atoms in total. The Hall–Kier alpha value is -3.02. The van der Waals surface area contributed by atoms with Crippen LogP contribution in [0.3, 0.4) is 0 Å². The minimum absolute atomic E-state index is 0.0426. The molecule has 0 aliphatic carbocycles. The van der Waals surface area contributed by atoms with Crippen molar-refractivity contribution in [3.05, 3.63) is 71.9 Å². The second kappa shape index (κ2) is 7.70. The summed E-state index contributed by atoms with van der Waals surface area (Å²) in [4.78, 5) is 15.1. The van der Waals surface area contributed by atoms with Crippen LogP contribution in [0.25, 0.3) is 0 Å². The smallest absolute Gasteiger partial charge is 0.290 e. The average Bonchev–Trinajstić information content (AvgIpc) is 3.40. The predicted molar refractivity (Wildman–Crippen MR) is 101 cm³/mol. The zero-order valence-corrected chi connectivity index (χ0v) is 15.4. The van der Waals surface area contributed by atoms with Gasteiger partial charge in [-0.1, -0.05) is 12.1 Å². The Bertz CT molecular complexity index is 901. The van der Waals surface area contributed by atoms with Gasteiger partial charge in [0.05, 0.1) is 19.7 Å². The van der Waals surface area contributed by atoms with E-state index >= 15 is 0 Å². The molecule has 0 unspecified atom stereocenters. The lowest BCUT2D eigenvalue weighted by Crippen LogP contribution is -2.38. The van der Waals surface area contributed by atoms with E-state index in [0.717, 1.165) is 42.9 Å². The molecule has 1 fully saturated rings. The van der Waals surface area contributed by atoms with Crippen molar-refractivity contribution in [1.29, 1.82) is 0 Å². The first kappa shape index (κ1) is 17.4. The number of benzene rings is 1. The zero-order valence-electron chi connectivity index (χ0n) is 15.4. The topological polar surface area (TPSA) is 60.5 Å². The Morgan fingerprint density at radius 2 is 2.19 bits per heavy atom. The molecule has 27 heavy (non-hydrogen) atoms. The lowest BCUT2D eigenvalue weighted by Gasteiger charge is -2.35. The fourth-order valence-corrected chi connectivity index (χ4v) is 3.64. The van der Waals surface area contributed by atoms with Gasteiger partial charge < -0.3 is 14.1 Å². The second-order valence-corrected chi connectivity index (χ2v) is 6.76. The summed E-state index contributed by atoms with van der Waals surface area (Å²) in [6, 6.07) is 13.5. The summed E-state index contributed by atoms with van der Waals surface area (Å²) in [5.41, 5.74) is 1.10. The first-order chi connectivity index (χ1) is 13.2. The van der Waals surface area contributed by atoms with Crippen LogP contribution in [0.5, 0.6) is 5.75 Å². The number of carbonyl (C=O) groups is 1. The molecule has 1 aliphatic heterocycles. The molecule has 1 saturated heterocycles. The third-order valence-corrected chi connectivity index (χ3v) is 4.99. The molecule has 140 valence electrons. The van der Waals surface area contributed by atoms with E-state index < -0.39 is 0 Å². The lowest BCUT2D eigenvalue weighted by atomic mass is 9.95. The molecule has 3 heterocycles. The molecule has 3 aromatic rings. The minimum atomic E-state index is -0.0609. The number of likely N-dealkylation sites (tertiary alicyclic amines) is 1. The Morgan fingerprint density at radius 3 is 3.00 bits per heavy atom. The molecule has 2 aromatic heterocycles. The number of rotatable bonds is 5. The fourth-order valence-electron chi connectivity index (χ4n) is 3.64. The number of hydrogen-bond donors (Lipinski definition) is 0. The number of piperidine rings is 1. The van der Waals surface area contributed by atoms with Crippen LogP contribution in [-0.4, -0.2) is 34.2 Å². The van der Waals surface area contributed by atoms with Crippen LogP contribution in [0.15, 0.2) is 59.3 Å². The fraction of sp³-hybridized carbons (Fsp3) is 0.333. The van der Waals surface area contributed by atoms with Crippen molar-refractivity contribution in [2.45, 2.75) is 31.8 Å². The molecule has 1 amide bonds. The summed E-state index contributed by atoms with van der Waals surface area (Å²) in [7, 11) is 1.66. The highest BCUT2D eigenvalue weighted by Crippen LogP contribution is 2.33. The lowest BCUT2D eigenvalue weighted by molar-refractivity contribution is 0.0576. The summed E-state index contributed by atoms with van der Waals surface area (Å²) in [5.74, 6) is 1.85. The highest BCUT2D eigenvalue weighted by molar-refractivity contribution is 5.92. The van der Waals surface area contributed by atoms with Crippen LogP contribution in [0.1, 0.15) is 47.2 Å². The van der Waals surface area contributed by atoms with E-state index in [1.165, 1.54) is 0 Å². The molecule has 1 aromatic carbocycles. The van der Waals surface area contributed by atoms with Crippen LogP contribution in [0, 0.1) is 0 Å². The van der Waals surface area contributed by atoms with E-state index in [0.29, 0.717) is 12.3 Å². The molecule has 0 N–H and O–H groups in total. The van der Waals surface area contributed by atoms with Crippen molar-refractivity contribution in [3.8, 4) is 5.75 Å². The van der Waals surface area contributed by atoms with Crippen molar-refractivity contribution in [3.63, 3.8) is 0 Å². The molecular formula is C21H23N3O3. The third-order valence-electron chi connectivity index (χ3n) is 4.99. The summed E-state index contributed by atoms with van der Waals surface area (Å²) in [6.07, 6.45) is 6.65. The maximum Gasteiger partial charge on any atom is 0.290 e. The highest BCUT2D eigenvalue weighted by Gasteiger charge is 2.30. The number of hydrogen-bond acceptors (Lipinski definition) is 4. The van der Waals surface area contributed by atoms with Gasteiger partial charge in [-0.15, -0.1) is 0 Å².